The number of nitrogens with one attached hydrogen (secondary N) is 1. The van der Waals surface area contributed by atoms with Crippen LogP contribution in [-0.4, -0.2) is 28.9 Å². The van der Waals surface area contributed by atoms with Crippen LogP contribution in [0.1, 0.15) is 23.5 Å². The number of nitrogens with zero attached hydrogens (tertiary/aromatic N) is 2. The van der Waals surface area contributed by atoms with E-state index < -0.39 is 0 Å². The molecule has 0 saturated carbocycles. The number of imidazole rings is 1. The number of Topliss-reactive ketones (excluding diaryl/α,β-unsaturated/α-hetero) is 1. The summed E-state index contributed by atoms with van der Waals surface area (Å²) in [5.74, 6) is 0.666. The molecule has 1 rings (SSSR count). The third-order valence-electron chi connectivity index (χ3n) is 1.90. The summed E-state index contributed by atoms with van der Waals surface area (Å²) in [6, 6.07) is 0. The topological polar surface area (TPSA) is 46.9 Å². The minimum Gasteiger partial charge on any atom is -0.332 e. The highest BCUT2D eigenvalue weighted by Crippen LogP contribution is 2.01. The van der Waals surface area contributed by atoms with Crippen molar-refractivity contribution in [2.24, 2.45) is 7.05 Å². The molecule has 0 saturated heterocycles. The Labute approximate surface area is 78.0 Å². The number of aryl methyl sites for hydroxylation is 1. The van der Waals surface area contributed by atoms with Crippen molar-refractivity contribution in [1.82, 2.24) is 14.9 Å². The van der Waals surface area contributed by atoms with Crippen LogP contribution < -0.4 is 5.32 Å². The maximum atomic E-state index is 11.5. The van der Waals surface area contributed by atoms with E-state index in [1.165, 1.54) is 0 Å². The first-order chi connectivity index (χ1) is 6.25. The van der Waals surface area contributed by atoms with Gasteiger partial charge in [-0.25, -0.2) is 4.98 Å². The molecule has 0 aromatic carbocycles. The fourth-order valence-corrected chi connectivity index (χ4v) is 1.17. The Morgan fingerprint density at radius 2 is 2.46 bits per heavy atom. The molecule has 1 aromatic heterocycles. The highest BCUT2D eigenvalue weighted by molar-refractivity contribution is 5.92. The average molecular weight is 181 g/mol. The van der Waals surface area contributed by atoms with Crippen LogP contribution in [0.4, 0.5) is 0 Å². The van der Waals surface area contributed by atoms with Gasteiger partial charge < -0.3 is 9.88 Å². The fourth-order valence-electron chi connectivity index (χ4n) is 1.17. The maximum absolute atomic E-state index is 11.5. The minimum atomic E-state index is 0.114. The summed E-state index contributed by atoms with van der Waals surface area (Å²) in [4.78, 5) is 15.5. The Morgan fingerprint density at radius 3 is 3.00 bits per heavy atom. The van der Waals surface area contributed by atoms with Crippen molar-refractivity contribution in [2.45, 2.75) is 12.8 Å². The zero-order valence-electron chi connectivity index (χ0n) is 8.08. The van der Waals surface area contributed by atoms with Gasteiger partial charge in [0.2, 0.25) is 0 Å². The van der Waals surface area contributed by atoms with Gasteiger partial charge in [0.05, 0.1) is 0 Å². The van der Waals surface area contributed by atoms with Gasteiger partial charge in [0.1, 0.15) is 0 Å². The van der Waals surface area contributed by atoms with E-state index in [2.05, 4.69) is 10.3 Å². The lowest BCUT2D eigenvalue weighted by Crippen LogP contribution is -2.12. The van der Waals surface area contributed by atoms with E-state index in [4.69, 9.17) is 0 Å². The van der Waals surface area contributed by atoms with Gasteiger partial charge in [0.25, 0.3) is 0 Å². The molecule has 0 unspecified atom stereocenters. The number of rotatable bonds is 5. The van der Waals surface area contributed by atoms with Crippen LogP contribution >= 0.6 is 0 Å². The van der Waals surface area contributed by atoms with E-state index >= 15 is 0 Å². The fraction of sp³-hybridized carbons (Fsp3) is 0.556. The Kier molecular flexibility index (Phi) is 3.64. The van der Waals surface area contributed by atoms with Gasteiger partial charge in [-0.3, -0.25) is 4.79 Å². The smallest absolute Gasteiger partial charge is 0.198 e. The molecule has 72 valence electrons. The Hall–Kier alpha value is -1.16. The van der Waals surface area contributed by atoms with Gasteiger partial charge in [-0.05, 0) is 20.0 Å². The third-order valence-corrected chi connectivity index (χ3v) is 1.90. The van der Waals surface area contributed by atoms with Crippen molar-refractivity contribution >= 4 is 5.78 Å². The van der Waals surface area contributed by atoms with Crippen molar-refractivity contribution in [2.75, 3.05) is 13.6 Å². The van der Waals surface area contributed by atoms with Crippen LogP contribution in [0.5, 0.6) is 0 Å². The molecule has 0 amide bonds. The molecule has 0 aliphatic carbocycles. The van der Waals surface area contributed by atoms with Crippen LogP contribution in [0, 0.1) is 0 Å². The summed E-state index contributed by atoms with van der Waals surface area (Å²) in [7, 11) is 3.71. The second-order valence-corrected chi connectivity index (χ2v) is 2.99. The summed E-state index contributed by atoms with van der Waals surface area (Å²) >= 11 is 0. The lowest BCUT2D eigenvalue weighted by Gasteiger charge is -2.00. The van der Waals surface area contributed by atoms with E-state index in [0.29, 0.717) is 12.2 Å². The average Bonchev–Trinajstić information content (AvgIpc) is 2.52. The van der Waals surface area contributed by atoms with E-state index in [1.807, 2.05) is 14.1 Å². The number of hydrogen-bond donors (Lipinski definition) is 1. The normalized spacial score (nSPS) is 10.3. The summed E-state index contributed by atoms with van der Waals surface area (Å²) in [5.41, 5.74) is 0. The molecular weight excluding hydrogens is 166 g/mol. The summed E-state index contributed by atoms with van der Waals surface area (Å²) in [5, 5.41) is 3.00. The predicted molar refractivity (Wildman–Crippen MR) is 50.7 cm³/mol. The minimum absolute atomic E-state index is 0.114. The van der Waals surface area contributed by atoms with Gasteiger partial charge in [0.15, 0.2) is 11.6 Å². The molecule has 1 aromatic rings. The van der Waals surface area contributed by atoms with E-state index in [0.717, 1.165) is 13.0 Å². The summed E-state index contributed by atoms with van der Waals surface area (Å²) in [6.07, 6.45) is 4.85. The molecule has 0 spiro atoms. The monoisotopic (exact) mass is 181 g/mol. The largest absolute Gasteiger partial charge is 0.332 e. The number of ketones is 1. The number of carbonyl (C=O) groups excluding carboxylic acids is 1. The first-order valence-electron chi connectivity index (χ1n) is 4.41. The lowest BCUT2D eigenvalue weighted by molar-refractivity contribution is 0.0967. The SMILES string of the molecule is CNCCCC(=O)c1nccn1C. The predicted octanol–water partition coefficient (Wildman–Crippen LogP) is 0.602. The zero-order chi connectivity index (χ0) is 9.68. The molecule has 0 aliphatic heterocycles. The highest BCUT2D eigenvalue weighted by atomic mass is 16.1. The molecule has 0 bridgehead atoms. The van der Waals surface area contributed by atoms with Crippen LogP contribution in [0.25, 0.3) is 0 Å². The van der Waals surface area contributed by atoms with Gasteiger partial charge in [0, 0.05) is 25.9 Å². The number of aromatic nitrogens is 2. The van der Waals surface area contributed by atoms with Crippen LogP contribution in [0.3, 0.4) is 0 Å². The first-order valence-corrected chi connectivity index (χ1v) is 4.41. The molecule has 0 aliphatic rings. The standard InChI is InChI=1S/C9H15N3O/c1-10-5-3-4-8(13)9-11-6-7-12(9)2/h6-7,10H,3-5H2,1-2H3. The number of carbonyl (C=O) groups is 1. The molecule has 1 heterocycles. The first kappa shape index (κ1) is 9.92. The summed E-state index contributed by atoms with van der Waals surface area (Å²) < 4.78 is 1.75. The van der Waals surface area contributed by atoms with Crippen molar-refractivity contribution in [3.63, 3.8) is 0 Å². The van der Waals surface area contributed by atoms with Gasteiger partial charge in [-0.1, -0.05) is 0 Å². The van der Waals surface area contributed by atoms with Crippen molar-refractivity contribution < 1.29 is 4.79 Å². The molecular formula is C9H15N3O. The Bertz CT molecular complexity index is 280. The Balaban J connectivity index is 2.45. The van der Waals surface area contributed by atoms with E-state index in [9.17, 15) is 4.79 Å². The molecule has 0 radical (unpaired) electrons. The van der Waals surface area contributed by atoms with Crippen LogP contribution in [0.15, 0.2) is 12.4 Å². The second kappa shape index (κ2) is 4.77. The van der Waals surface area contributed by atoms with Gasteiger partial charge in [-0.15, -0.1) is 0 Å². The van der Waals surface area contributed by atoms with Crippen LogP contribution in [0.2, 0.25) is 0 Å². The zero-order valence-corrected chi connectivity index (χ0v) is 8.08. The quantitative estimate of drug-likeness (QED) is 0.534. The molecule has 0 fully saturated rings. The third kappa shape index (κ3) is 2.66. The van der Waals surface area contributed by atoms with Gasteiger partial charge >= 0.3 is 0 Å². The molecule has 4 nitrogen and oxygen atoms in total. The van der Waals surface area contributed by atoms with Gasteiger partial charge in [-0.2, -0.15) is 0 Å². The van der Waals surface area contributed by atoms with Crippen LogP contribution in [-0.2, 0) is 7.05 Å². The lowest BCUT2D eigenvalue weighted by atomic mass is 10.2. The van der Waals surface area contributed by atoms with E-state index in [-0.39, 0.29) is 5.78 Å². The highest BCUT2D eigenvalue weighted by Gasteiger charge is 2.09. The Morgan fingerprint density at radius 1 is 1.69 bits per heavy atom. The number of hydrogen-bond acceptors (Lipinski definition) is 3. The molecule has 0 atom stereocenters. The summed E-state index contributed by atoms with van der Waals surface area (Å²) in [6.45, 7) is 0.871. The molecule has 4 heteroatoms. The molecule has 13 heavy (non-hydrogen) atoms. The van der Waals surface area contributed by atoms with Crippen molar-refractivity contribution in [3.05, 3.63) is 18.2 Å². The molecule has 1 N–H and O–H groups in total. The van der Waals surface area contributed by atoms with Crippen molar-refractivity contribution in [3.8, 4) is 0 Å². The van der Waals surface area contributed by atoms with E-state index in [1.54, 1.807) is 17.0 Å². The van der Waals surface area contributed by atoms with Crippen molar-refractivity contribution in [1.29, 1.82) is 0 Å². The second-order valence-electron chi connectivity index (χ2n) is 2.99. The maximum Gasteiger partial charge on any atom is 0.198 e.